The Labute approximate surface area is 155 Å². The van der Waals surface area contributed by atoms with Crippen molar-refractivity contribution in [3.05, 3.63) is 36.3 Å². The zero-order valence-electron chi connectivity index (χ0n) is 14.7. The van der Waals surface area contributed by atoms with Gasteiger partial charge in [0.2, 0.25) is 16.0 Å². The van der Waals surface area contributed by atoms with E-state index < -0.39 is 10.0 Å². The molecule has 0 unspecified atom stereocenters. The van der Waals surface area contributed by atoms with Crippen molar-refractivity contribution in [2.45, 2.75) is 18.9 Å². The zero-order chi connectivity index (χ0) is 19.0. The molecule has 0 amide bonds. The Morgan fingerprint density at radius 1 is 1.30 bits per heavy atom. The summed E-state index contributed by atoms with van der Waals surface area (Å²) in [6.45, 7) is 0.954. The van der Waals surface area contributed by atoms with Crippen LogP contribution in [0.25, 0.3) is 22.3 Å². The first kappa shape index (κ1) is 17.8. The second-order valence-corrected chi connectivity index (χ2v) is 8.60. The van der Waals surface area contributed by atoms with Gasteiger partial charge in [0.15, 0.2) is 5.65 Å². The third kappa shape index (κ3) is 3.76. The van der Waals surface area contributed by atoms with E-state index in [0.29, 0.717) is 54.2 Å². The van der Waals surface area contributed by atoms with Gasteiger partial charge in [-0.15, -0.1) is 0 Å². The molecule has 1 aromatic carbocycles. The fraction of sp³-hybridized carbons (Fsp3) is 0.353. The maximum absolute atomic E-state index is 13.5. The van der Waals surface area contributed by atoms with Crippen molar-refractivity contribution in [1.82, 2.24) is 24.5 Å². The zero-order valence-corrected chi connectivity index (χ0v) is 15.5. The van der Waals surface area contributed by atoms with Crippen molar-refractivity contribution in [3.63, 3.8) is 0 Å². The number of rotatable bonds is 4. The molecule has 0 aliphatic carbocycles. The monoisotopic (exact) mass is 390 g/mol. The van der Waals surface area contributed by atoms with E-state index in [9.17, 15) is 12.8 Å². The average molecular weight is 390 g/mol. The SMILES string of the molecule is CS(=O)(=O)N1CCC(Nc2ncc3c(-c4cccc(F)c4)[nH]nc3n2)CC1. The van der Waals surface area contributed by atoms with Crippen LogP contribution in [-0.2, 0) is 10.0 Å². The molecule has 142 valence electrons. The Morgan fingerprint density at radius 2 is 2.07 bits per heavy atom. The lowest BCUT2D eigenvalue weighted by molar-refractivity contribution is 0.331. The number of nitrogens with zero attached hydrogens (tertiary/aromatic N) is 4. The highest BCUT2D eigenvalue weighted by Crippen LogP contribution is 2.26. The number of aromatic amines is 1. The molecule has 0 radical (unpaired) electrons. The van der Waals surface area contributed by atoms with Crippen LogP contribution in [0.1, 0.15) is 12.8 Å². The summed E-state index contributed by atoms with van der Waals surface area (Å²) in [7, 11) is -3.14. The molecule has 1 aliphatic heterocycles. The molecular formula is C17H19FN6O2S. The lowest BCUT2D eigenvalue weighted by atomic mass is 10.1. The predicted octanol–water partition coefficient (Wildman–Crippen LogP) is 1.99. The van der Waals surface area contributed by atoms with Crippen LogP contribution in [0.2, 0.25) is 0 Å². The smallest absolute Gasteiger partial charge is 0.224 e. The fourth-order valence-corrected chi connectivity index (χ4v) is 4.13. The Hall–Kier alpha value is -2.59. The second kappa shape index (κ2) is 6.86. The topological polar surface area (TPSA) is 104 Å². The van der Waals surface area contributed by atoms with Crippen LogP contribution in [0.3, 0.4) is 0 Å². The summed E-state index contributed by atoms with van der Waals surface area (Å²) in [5, 5.41) is 11.0. The number of H-pyrrole nitrogens is 1. The minimum absolute atomic E-state index is 0.0991. The van der Waals surface area contributed by atoms with Crippen LogP contribution >= 0.6 is 0 Å². The van der Waals surface area contributed by atoms with Crippen molar-refractivity contribution in [2.24, 2.45) is 0 Å². The first-order chi connectivity index (χ1) is 12.9. The van der Waals surface area contributed by atoms with E-state index in [0.717, 1.165) is 0 Å². The van der Waals surface area contributed by atoms with Crippen molar-refractivity contribution < 1.29 is 12.8 Å². The van der Waals surface area contributed by atoms with Gasteiger partial charge >= 0.3 is 0 Å². The van der Waals surface area contributed by atoms with Crippen molar-refractivity contribution >= 4 is 27.0 Å². The van der Waals surface area contributed by atoms with Crippen LogP contribution in [0.4, 0.5) is 10.3 Å². The number of sulfonamides is 1. The number of anilines is 1. The summed E-state index contributed by atoms with van der Waals surface area (Å²) in [4.78, 5) is 8.76. The van der Waals surface area contributed by atoms with Gasteiger partial charge in [-0.2, -0.15) is 10.1 Å². The Balaban J connectivity index is 1.50. The lowest BCUT2D eigenvalue weighted by Crippen LogP contribution is -2.42. The molecule has 1 aliphatic rings. The normalized spacial score (nSPS) is 16.7. The van der Waals surface area contributed by atoms with E-state index in [1.54, 1.807) is 18.3 Å². The molecule has 0 bridgehead atoms. The van der Waals surface area contributed by atoms with Gasteiger partial charge in [0.1, 0.15) is 5.82 Å². The number of benzene rings is 1. The third-order valence-corrected chi connectivity index (χ3v) is 5.98. The summed E-state index contributed by atoms with van der Waals surface area (Å²) < 4.78 is 38.1. The summed E-state index contributed by atoms with van der Waals surface area (Å²) in [6, 6.07) is 6.33. The molecule has 4 rings (SSSR count). The molecule has 1 saturated heterocycles. The molecule has 8 nitrogen and oxygen atoms in total. The van der Waals surface area contributed by atoms with Gasteiger partial charge < -0.3 is 5.32 Å². The molecule has 2 N–H and O–H groups in total. The average Bonchev–Trinajstić information content (AvgIpc) is 3.05. The fourth-order valence-electron chi connectivity index (χ4n) is 3.25. The van der Waals surface area contributed by atoms with Crippen LogP contribution in [0.5, 0.6) is 0 Å². The van der Waals surface area contributed by atoms with Gasteiger partial charge in [-0.3, -0.25) is 5.10 Å². The van der Waals surface area contributed by atoms with Gasteiger partial charge in [0, 0.05) is 30.9 Å². The van der Waals surface area contributed by atoms with Crippen molar-refractivity contribution in [3.8, 4) is 11.3 Å². The number of piperidine rings is 1. The molecule has 0 spiro atoms. The molecule has 27 heavy (non-hydrogen) atoms. The number of nitrogens with one attached hydrogen (secondary N) is 2. The Bertz CT molecular complexity index is 1080. The largest absolute Gasteiger partial charge is 0.351 e. The number of fused-ring (bicyclic) bond motifs is 1. The van der Waals surface area contributed by atoms with E-state index >= 15 is 0 Å². The number of halogens is 1. The van der Waals surface area contributed by atoms with E-state index in [2.05, 4.69) is 25.5 Å². The van der Waals surface area contributed by atoms with E-state index in [1.807, 2.05) is 0 Å². The summed E-state index contributed by atoms with van der Waals surface area (Å²) >= 11 is 0. The minimum Gasteiger partial charge on any atom is -0.351 e. The quantitative estimate of drug-likeness (QED) is 0.706. The minimum atomic E-state index is -3.14. The Morgan fingerprint density at radius 3 is 2.78 bits per heavy atom. The van der Waals surface area contributed by atoms with Crippen LogP contribution < -0.4 is 5.32 Å². The van der Waals surface area contributed by atoms with Crippen LogP contribution in [0, 0.1) is 5.82 Å². The van der Waals surface area contributed by atoms with Crippen LogP contribution in [-0.4, -0.2) is 58.3 Å². The highest BCUT2D eigenvalue weighted by Gasteiger charge is 2.25. The molecule has 3 aromatic rings. The summed E-state index contributed by atoms with van der Waals surface area (Å²) in [6.07, 6.45) is 4.25. The molecule has 10 heteroatoms. The molecule has 0 saturated carbocycles. The molecule has 1 fully saturated rings. The van der Waals surface area contributed by atoms with Gasteiger partial charge in [-0.25, -0.2) is 22.1 Å². The van der Waals surface area contributed by atoms with Crippen LogP contribution in [0.15, 0.2) is 30.5 Å². The maximum atomic E-state index is 13.5. The number of hydrogen-bond acceptors (Lipinski definition) is 6. The third-order valence-electron chi connectivity index (χ3n) is 4.68. The highest BCUT2D eigenvalue weighted by molar-refractivity contribution is 7.88. The summed E-state index contributed by atoms with van der Waals surface area (Å²) in [5.41, 5.74) is 1.83. The van der Waals surface area contributed by atoms with Crippen molar-refractivity contribution in [1.29, 1.82) is 0 Å². The number of hydrogen-bond donors (Lipinski definition) is 2. The predicted molar refractivity (Wildman–Crippen MR) is 100 cm³/mol. The molecular weight excluding hydrogens is 371 g/mol. The second-order valence-electron chi connectivity index (χ2n) is 6.62. The molecule has 0 atom stereocenters. The van der Waals surface area contributed by atoms with E-state index in [1.165, 1.54) is 22.7 Å². The first-order valence-electron chi connectivity index (χ1n) is 8.59. The highest BCUT2D eigenvalue weighted by atomic mass is 32.2. The standard InChI is InChI=1S/C17H19FN6O2S/c1-27(25,26)24-7-5-13(6-8-24)20-17-19-10-14-15(22-23-16(14)21-17)11-3-2-4-12(18)9-11/h2-4,9-10,13H,5-8H2,1H3,(H2,19,20,21,22,23). The van der Waals surface area contributed by atoms with Crippen molar-refractivity contribution in [2.75, 3.05) is 24.7 Å². The van der Waals surface area contributed by atoms with E-state index in [4.69, 9.17) is 0 Å². The van der Waals surface area contributed by atoms with Gasteiger partial charge in [-0.1, -0.05) is 12.1 Å². The Kier molecular flexibility index (Phi) is 4.52. The lowest BCUT2D eigenvalue weighted by Gasteiger charge is -2.30. The maximum Gasteiger partial charge on any atom is 0.224 e. The number of aromatic nitrogens is 4. The van der Waals surface area contributed by atoms with Gasteiger partial charge in [-0.05, 0) is 25.0 Å². The molecule has 2 aromatic heterocycles. The van der Waals surface area contributed by atoms with E-state index in [-0.39, 0.29) is 11.9 Å². The van der Waals surface area contributed by atoms with Gasteiger partial charge in [0.25, 0.3) is 0 Å². The first-order valence-corrected chi connectivity index (χ1v) is 10.4. The summed E-state index contributed by atoms with van der Waals surface area (Å²) in [5.74, 6) is 0.118. The molecule has 3 heterocycles. The van der Waals surface area contributed by atoms with Gasteiger partial charge in [0.05, 0.1) is 17.3 Å².